The van der Waals surface area contributed by atoms with Crippen molar-refractivity contribution in [2.45, 2.75) is 24.7 Å². The fourth-order valence-electron chi connectivity index (χ4n) is 5.76. The number of nitrogens with one attached hydrogen (secondary N) is 1. The number of rotatable bonds is 12. The summed E-state index contributed by atoms with van der Waals surface area (Å²) in [5, 5.41) is 27.3. The summed E-state index contributed by atoms with van der Waals surface area (Å²) < 4.78 is 48.6. The van der Waals surface area contributed by atoms with Gasteiger partial charge >= 0.3 is 0 Å². The van der Waals surface area contributed by atoms with E-state index in [1.165, 1.54) is 0 Å². The minimum atomic E-state index is -3.13. The van der Waals surface area contributed by atoms with E-state index >= 15 is 0 Å². The summed E-state index contributed by atoms with van der Waals surface area (Å²) in [6.45, 7) is 0. The molecule has 2 unspecified atom stereocenters. The highest BCUT2D eigenvalue weighted by molar-refractivity contribution is 7.90. The summed E-state index contributed by atoms with van der Waals surface area (Å²) in [4.78, 5) is 24.1. The molecule has 7 aromatic heterocycles. The quantitative estimate of drug-likeness (QED) is 0.158. The molecular formula is C37H36N14O4S2. The molecule has 7 aromatic rings. The normalized spacial score (nSPS) is 12.6. The molecule has 0 radical (unpaired) electrons. The van der Waals surface area contributed by atoms with Crippen molar-refractivity contribution in [1.29, 1.82) is 10.5 Å². The zero-order valence-corrected chi connectivity index (χ0v) is 32.3. The van der Waals surface area contributed by atoms with Gasteiger partial charge < -0.3 is 16.5 Å². The molecule has 2 atom stereocenters. The van der Waals surface area contributed by atoms with Gasteiger partial charge in [0.25, 0.3) is 0 Å². The van der Waals surface area contributed by atoms with Crippen LogP contribution in [-0.2, 0) is 19.7 Å². The zero-order valence-electron chi connectivity index (χ0n) is 30.7. The fraction of sp³-hybridized carbons (Fsp3) is 0.216. The van der Waals surface area contributed by atoms with Crippen LogP contribution in [0, 0.1) is 22.7 Å². The van der Waals surface area contributed by atoms with E-state index in [1.54, 1.807) is 89.4 Å². The number of nitrogen functional groups attached to an aromatic ring is 2. The Bertz CT molecular complexity index is 2820. The number of fused-ring (bicyclic) bond motifs is 1. The number of anilines is 2. The molecule has 7 heterocycles. The van der Waals surface area contributed by atoms with Gasteiger partial charge in [-0.15, -0.1) is 0 Å². The first kappa shape index (κ1) is 39.7. The van der Waals surface area contributed by atoms with E-state index in [9.17, 15) is 27.4 Å². The van der Waals surface area contributed by atoms with Gasteiger partial charge in [0.2, 0.25) is 0 Å². The molecule has 0 aliphatic heterocycles. The van der Waals surface area contributed by atoms with Crippen molar-refractivity contribution < 1.29 is 16.8 Å². The van der Waals surface area contributed by atoms with E-state index in [0.717, 1.165) is 40.3 Å². The number of H-pyrrole nitrogens is 1. The first-order valence-corrected chi connectivity index (χ1v) is 21.3. The molecule has 57 heavy (non-hydrogen) atoms. The van der Waals surface area contributed by atoms with E-state index in [-0.39, 0.29) is 30.2 Å². The highest BCUT2D eigenvalue weighted by Crippen LogP contribution is 2.29. The third kappa shape index (κ3) is 9.80. The molecule has 0 aliphatic carbocycles. The number of hydrogen-bond donors (Lipinski definition) is 3. The van der Waals surface area contributed by atoms with Crippen LogP contribution in [0.3, 0.4) is 0 Å². The summed E-state index contributed by atoms with van der Waals surface area (Å²) in [6, 6.07) is 14.9. The van der Waals surface area contributed by atoms with Crippen LogP contribution in [0.2, 0.25) is 0 Å². The SMILES string of the molecule is CS(=O)(=O)CCC(C#N)c1ccc(-n2cc(-c3ccnc(N)c3N)cn2)nc1.CS(=O)(=O)CCC(C#N)c1ccc(-n2cc(-c3ccnc4nc[nH]c34)cn2)nc1. The van der Waals surface area contributed by atoms with Crippen molar-refractivity contribution in [2.24, 2.45) is 0 Å². The number of nitrogens with two attached hydrogens (primary N) is 2. The number of nitrogens with zero attached hydrogens (tertiary/aromatic N) is 11. The monoisotopic (exact) mass is 804 g/mol. The van der Waals surface area contributed by atoms with Crippen LogP contribution in [0.1, 0.15) is 35.8 Å². The minimum absolute atomic E-state index is 0.0382. The van der Waals surface area contributed by atoms with Gasteiger partial charge in [-0.25, -0.2) is 51.1 Å². The molecule has 0 amide bonds. The summed E-state index contributed by atoms with van der Waals surface area (Å²) >= 11 is 0. The lowest BCUT2D eigenvalue weighted by Gasteiger charge is -2.09. The van der Waals surface area contributed by atoms with Gasteiger partial charge in [0.05, 0.1) is 65.4 Å². The largest absolute Gasteiger partial charge is 0.395 e. The fourth-order valence-corrected chi connectivity index (χ4v) is 7.09. The molecule has 0 fully saturated rings. The van der Waals surface area contributed by atoms with Gasteiger partial charge in [-0.3, -0.25) is 0 Å². The van der Waals surface area contributed by atoms with E-state index in [4.69, 9.17) is 11.5 Å². The van der Waals surface area contributed by atoms with Gasteiger partial charge in [-0.2, -0.15) is 20.7 Å². The van der Waals surface area contributed by atoms with Crippen LogP contribution < -0.4 is 11.5 Å². The predicted octanol–water partition coefficient (Wildman–Crippen LogP) is 3.78. The Labute approximate surface area is 327 Å². The van der Waals surface area contributed by atoms with Gasteiger partial charge in [0.1, 0.15) is 25.5 Å². The maximum Gasteiger partial charge on any atom is 0.178 e. The number of hydrogen-bond acceptors (Lipinski definition) is 15. The Morgan fingerprint density at radius 3 is 1.68 bits per heavy atom. The van der Waals surface area contributed by atoms with Crippen LogP contribution in [-0.4, -0.2) is 90.3 Å². The number of aromatic nitrogens is 10. The van der Waals surface area contributed by atoms with Gasteiger partial charge in [0, 0.05) is 71.9 Å². The Hall–Kier alpha value is -7.03. The molecule has 0 aliphatic rings. The van der Waals surface area contributed by atoms with Crippen LogP contribution in [0.4, 0.5) is 11.5 Å². The molecule has 290 valence electrons. The third-order valence-corrected chi connectivity index (χ3v) is 10.8. The maximum absolute atomic E-state index is 11.4. The molecule has 0 saturated carbocycles. The summed E-state index contributed by atoms with van der Waals surface area (Å²) in [7, 11) is -6.25. The van der Waals surface area contributed by atoms with Crippen molar-refractivity contribution in [3.8, 4) is 46.0 Å². The second kappa shape index (κ2) is 16.8. The van der Waals surface area contributed by atoms with E-state index in [2.05, 4.69) is 52.2 Å². The molecule has 0 saturated heterocycles. The van der Waals surface area contributed by atoms with Crippen LogP contribution >= 0.6 is 0 Å². The van der Waals surface area contributed by atoms with Crippen LogP contribution in [0.25, 0.3) is 45.1 Å². The molecule has 5 N–H and O–H groups in total. The number of nitriles is 2. The Morgan fingerprint density at radius 1 is 0.684 bits per heavy atom. The molecule has 18 nitrogen and oxygen atoms in total. The average Bonchev–Trinajstić information content (AvgIpc) is 3.98. The van der Waals surface area contributed by atoms with Crippen molar-refractivity contribution in [2.75, 3.05) is 35.5 Å². The molecule has 0 aromatic carbocycles. The highest BCUT2D eigenvalue weighted by Gasteiger charge is 2.17. The predicted molar refractivity (Wildman–Crippen MR) is 213 cm³/mol. The molecular weight excluding hydrogens is 769 g/mol. The summed E-state index contributed by atoms with van der Waals surface area (Å²) in [6.07, 6.45) is 17.8. The zero-order chi connectivity index (χ0) is 40.7. The first-order chi connectivity index (χ1) is 27.2. The molecule has 7 rings (SSSR count). The number of aromatic amines is 1. The van der Waals surface area contributed by atoms with Gasteiger partial charge in [0.15, 0.2) is 17.3 Å². The van der Waals surface area contributed by atoms with Crippen molar-refractivity contribution in [1.82, 2.24) is 49.5 Å². The lowest BCUT2D eigenvalue weighted by atomic mass is 10.00. The van der Waals surface area contributed by atoms with Crippen molar-refractivity contribution in [3.63, 3.8) is 0 Å². The Kier molecular flexibility index (Phi) is 11.7. The maximum atomic E-state index is 11.4. The van der Waals surface area contributed by atoms with E-state index in [0.29, 0.717) is 34.1 Å². The smallest absolute Gasteiger partial charge is 0.178 e. The standard InChI is InChI=1S/C19H17N7O2S.C18H19N7O2S/c1-29(27,28)7-5-13(8-20)14-2-3-17(22-9-14)26-11-15(10-25-26)16-4-6-21-19-18(16)23-12-24-19;1-28(26,27)7-5-12(8-19)13-2-3-16(23-9-13)25-11-14(10-24-25)15-4-6-22-18(21)17(15)20/h2-4,6,9-13H,5,7H2,1H3,(H,21,23,24);2-4,6,9-12H,5,7,20H2,1H3,(H2,21,22). The lowest BCUT2D eigenvalue weighted by molar-refractivity contribution is 0.595. The van der Waals surface area contributed by atoms with E-state index < -0.39 is 31.5 Å². The Morgan fingerprint density at radius 2 is 1.19 bits per heavy atom. The second-order valence-corrected chi connectivity index (χ2v) is 17.6. The minimum Gasteiger partial charge on any atom is -0.395 e. The number of imidazole rings is 1. The van der Waals surface area contributed by atoms with Crippen LogP contribution in [0.15, 0.2) is 92.3 Å². The topological polar surface area (TPSA) is 284 Å². The van der Waals surface area contributed by atoms with Crippen LogP contribution in [0.5, 0.6) is 0 Å². The van der Waals surface area contributed by atoms with E-state index in [1.807, 2.05) is 12.3 Å². The van der Waals surface area contributed by atoms with Crippen molar-refractivity contribution in [3.05, 3.63) is 103 Å². The van der Waals surface area contributed by atoms with Gasteiger partial charge in [-0.1, -0.05) is 12.1 Å². The first-order valence-electron chi connectivity index (χ1n) is 17.2. The lowest BCUT2D eigenvalue weighted by Crippen LogP contribution is -2.08. The summed E-state index contributed by atoms with van der Waals surface area (Å²) in [5.74, 6) is 0.249. The molecule has 0 spiro atoms. The average molecular weight is 805 g/mol. The van der Waals surface area contributed by atoms with Crippen molar-refractivity contribution >= 4 is 42.3 Å². The third-order valence-electron chi connectivity index (χ3n) is 8.82. The second-order valence-electron chi connectivity index (χ2n) is 13.1. The molecule has 20 heteroatoms. The van der Waals surface area contributed by atoms with Gasteiger partial charge in [-0.05, 0) is 48.2 Å². The summed E-state index contributed by atoms with van der Waals surface area (Å²) in [5.41, 5.74) is 18.2. The Balaban J connectivity index is 0.000000193. The molecule has 0 bridgehead atoms. The number of sulfone groups is 2. The highest BCUT2D eigenvalue weighted by atomic mass is 32.2. The number of pyridine rings is 4.